The first-order chi connectivity index (χ1) is 12.1. The molecule has 0 aliphatic rings. The predicted octanol–water partition coefficient (Wildman–Crippen LogP) is 3.44. The maximum Gasteiger partial charge on any atom is 0.136 e. The van der Waals surface area contributed by atoms with E-state index >= 15 is 0 Å². The molecule has 0 radical (unpaired) electrons. The van der Waals surface area contributed by atoms with E-state index in [1.165, 1.54) is 0 Å². The Labute approximate surface area is 148 Å². The van der Waals surface area contributed by atoms with Crippen LogP contribution < -0.4 is 10.6 Å². The summed E-state index contributed by atoms with van der Waals surface area (Å²) >= 11 is 0. The lowest BCUT2D eigenvalue weighted by atomic mass is 10.2. The van der Waals surface area contributed by atoms with Gasteiger partial charge in [0.25, 0.3) is 0 Å². The van der Waals surface area contributed by atoms with Crippen molar-refractivity contribution in [1.82, 2.24) is 19.9 Å². The first-order valence-corrected chi connectivity index (χ1v) is 8.47. The van der Waals surface area contributed by atoms with Crippen molar-refractivity contribution in [3.63, 3.8) is 0 Å². The molecular weight excluding hydrogens is 312 g/mol. The molecule has 6 nitrogen and oxygen atoms in total. The fourth-order valence-corrected chi connectivity index (χ4v) is 2.68. The maximum atomic E-state index is 4.49. The summed E-state index contributed by atoms with van der Waals surface area (Å²) in [6.45, 7) is 3.82. The highest BCUT2D eigenvalue weighted by Crippen LogP contribution is 2.24. The molecule has 25 heavy (non-hydrogen) atoms. The summed E-state index contributed by atoms with van der Waals surface area (Å²) < 4.78 is 0. The number of anilines is 3. The van der Waals surface area contributed by atoms with Crippen LogP contribution in [0.5, 0.6) is 0 Å². The van der Waals surface area contributed by atoms with E-state index in [0.717, 1.165) is 53.6 Å². The fraction of sp³-hybridized carbons (Fsp3) is 0.316. The molecule has 0 atom stereocenters. The van der Waals surface area contributed by atoms with Crippen molar-refractivity contribution in [1.29, 1.82) is 0 Å². The number of aryl methyl sites for hydroxylation is 1. The predicted molar refractivity (Wildman–Crippen MR) is 103 cm³/mol. The zero-order chi connectivity index (χ0) is 17.6. The summed E-state index contributed by atoms with van der Waals surface area (Å²) in [5.74, 6) is 2.33. The molecule has 0 saturated carbocycles. The standard InChI is InChI=1S/C19H24N6/c1-14-22-17(20-11-6-12-25(2)3)13-18(23-14)24-16-9-4-7-15-8-5-10-21-19(15)16/h4-5,7-10,13H,6,11-12H2,1-3H3,(H2,20,22,23,24). The molecular formula is C19H24N6. The zero-order valence-corrected chi connectivity index (χ0v) is 15.0. The Bertz CT molecular complexity index is 841. The van der Waals surface area contributed by atoms with Crippen LogP contribution in [0.3, 0.4) is 0 Å². The van der Waals surface area contributed by atoms with E-state index in [-0.39, 0.29) is 0 Å². The molecule has 2 aromatic heterocycles. The lowest BCUT2D eigenvalue weighted by Crippen LogP contribution is -2.16. The molecule has 0 aliphatic heterocycles. The third-order valence-electron chi connectivity index (χ3n) is 3.82. The van der Waals surface area contributed by atoms with E-state index in [1.807, 2.05) is 31.2 Å². The lowest BCUT2D eigenvalue weighted by molar-refractivity contribution is 0.405. The number of nitrogens with zero attached hydrogens (tertiary/aromatic N) is 4. The minimum atomic E-state index is 0.730. The number of rotatable bonds is 7. The molecule has 0 aliphatic carbocycles. The second-order valence-electron chi connectivity index (χ2n) is 6.27. The molecule has 0 fully saturated rings. The molecule has 6 heteroatoms. The van der Waals surface area contributed by atoms with Crippen molar-refractivity contribution in [3.8, 4) is 0 Å². The van der Waals surface area contributed by atoms with Crippen LogP contribution in [0.2, 0.25) is 0 Å². The van der Waals surface area contributed by atoms with E-state index in [0.29, 0.717) is 0 Å². The number of hydrogen-bond donors (Lipinski definition) is 2. The molecule has 130 valence electrons. The quantitative estimate of drug-likeness (QED) is 0.644. The average molecular weight is 336 g/mol. The van der Waals surface area contributed by atoms with Crippen molar-refractivity contribution in [3.05, 3.63) is 48.4 Å². The van der Waals surface area contributed by atoms with Gasteiger partial charge in [0.05, 0.1) is 11.2 Å². The van der Waals surface area contributed by atoms with Gasteiger partial charge in [0.2, 0.25) is 0 Å². The molecule has 3 aromatic rings. The largest absolute Gasteiger partial charge is 0.370 e. The van der Waals surface area contributed by atoms with Crippen molar-refractivity contribution in [2.24, 2.45) is 0 Å². The molecule has 2 N–H and O–H groups in total. The highest BCUT2D eigenvalue weighted by Gasteiger charge is 2.06. The molecule has 2 heterocycles. The maximum absolute atomic E-state index is 4.49. The van der Waals surface area contributed by atoms with E-state index in [4.69, 9.17) is 0 Å². The Morgan fingerprint density at radius 3 is 2.68 bits per heavy atom. The zero-order valence-electron chi connectivity index (χ0n) is 15.0. The summed E-state index contributed by atoms with van der Waals surface area (Å²) in [6, 6.07) is 12.0. The Kier molecular flexibility index (Phi) is 5.40. The van der Waals surface area contributed by atoms with Crippen LogP contribution in [0.15, 0.2) is 42.6 Å². The van der Waals surface area contributed by atoms with Crippen LogP contribution in [-0.4, -0.2) is 47.0 Å². The summed E-state index contributed by atoms with van der Waals surface area (Å²) in [7, 11) is 4.16. The van der Waals surface area contributed by atoms with Crippen LogP contribution in [-0.2, 0) is 0 Å². The van der Waals surface area contributed by atoms with Gasteiger partial charge in [-0.1, -0.05) is 18.2 Å². The van der Waals surface area contributed by atoms with Gasteiger partial charge in [-0.2, -0.15) is 0 Å². The van der Waals surface area contributed by atoms with Gasteiger partial charge in [-0.3, -0.25) is 4.98 Å². The minimum Gasteiger partial charge on any atom is -0.370 e. The number of nitrogens with one attached hydrogen (secondary N) is 2. The SMILES string of the molecule is Cc1nc(NCCCN(C)C)cc(Nc2cccc3cccnc23)n1. The molecule has 0 unspecified atom stereocenters. The number of aromatic nitrogens is 3. The van der Waals surface area contributed by atoms with E-state index in [2.05, 4.69) is 56.7 Å². The third-order valence-corrected chi connectivity index (χ3v) is 3.82. The monoisotopic (exact) mass is 336 g/mol. The molecule has 0 amide bonds. The highest BCUT2D eigenvalue weighted by atomic mass is 15.1. The van der Waals surface area contributed by atoms with Crippen molar-refractivity contribution in [2.75, 3.05) is 37.8 Å². The Balaban J connectivity index is 1.76. The van der Waals surface area contributed by atoms with Gasteiger partial charge in [0.1, 0.15) is 17.5 Å². The molecule has 1 aromatic carbocycles. The van der Waals surface area contributed by atoms with Gasteiger partial charge in [0, 0.05) is 24.2 Å². The number of fused-ring (bicyclic) bond motifs is 1. The Hall–Kier alpha value is -2.73. The van der Waals surface area contributed by atoms with Gasteiger partial charge in [0.15, 0.2) is 0 Å². The van der Waals surface area contributed by atoms with Crippen LogP contribution in [0.1, 0.15) is 12.2 Å². The number of para-hydroxylation sites is 1. The van der Waals surface area contributed by atoms with Gasteiger partial charge < -0.3 is 15.5 Å². The number of benzene rings is 1. The normalized spacial score (nSPS) is 11.0. The lowest BCUT2D eigenvalue weighted by Gasteiger charge is -2.12. The highest BCUT2D eigenvalue weighted by molar-refractivity contribution is 5.91. The average Bonchev–Trinajstić information content (AvgIpc) is 2.58. The number of hydrogen-bond acceptors (Lipinski definition) is 6. The first-order valence-electron chi connectivity index (χ1n) is 8.47. The second kappa shape index (κ2) is 7.90. The van der Waals surface area contributed by atoms with Crippen LogP contribution in [0, 0.1) is 6.92 Å². The molecule has 0 spiro atoms. The van der Waals surface area contributed by atoms with Crippen molar-refractivity contribution < 1.29 is 0 Å². The molecule has 3 rings (SSSR count). The second-order valence-corrected chi connectivity index (χ2v) is 6.27. The summed E-state index contributed by atoms with van der Waals surface area (Å²) in [4.78, 5) is 15.6. The van der Waals surface area contributed by atoms with Gasteiger partial charge in [-0.15, -0.1) is 0 Å². The fourth-order valence-electron chi connectivity index (χ4n) is 2.68. The Morgan fingerprint density at radius 1 is 1.04 bits per heavy atom. The van der Waals surface area contributed by atoms with Crippen molar-refractivity contribution >= 4 is 28.2 Å². The summed E-state index contributed by atoms with van der Waals surface area (Å²) in [5.41, 5.74) is 1.87. The molecule has 0 bridgehead atoms. The van der Waals surface area contributed by atoms with E-state index in [9.17, 15) is 0 Å². The van der Waals surface area contributed by atoms with Crippen LogP contribution in [0.25, 0.3) is 10.9 Å². The van der Waals surface area contributed by atoms with Crippen LogP contribution >= 0.6 is 0 Å². The number of pyridine rings is 1. The summed E-state index contributed by atoms with van der Waals surface area (Å²) in [6.07, 6.45) is 2.86. The smallest absolute Gasteiger partial charge is 0.136 e. The Morgan fingerprint density at radius 2 is 1.84 bits per heavy atom. The van der Waals surface area contributed by atoms with E-state index < -0.39 is 0 Å². The summed E-state index contributed by atoms with van der Waals surface area (Å²) in [5, 5.41) is 7.84. The van der Waals surface area contributed by atoms with Gasteiger partial charge in [-0.05, 0) is 46.1 Å². The first kappa shape index (κ1) is 17.1. The van der Waals surface area contributed by atoms with E-state index in [1.54, 1.807) is 6.20 Å². The van der Waals surface area contributed by atoms with Crippen molar-refractivity contribution in [2.45, 2.75) is 13.3 Å². The molecule has 0 saturated heterocycles. The topological polar surface area (TPSA) is 66.0 Å². The van der Waals surface area contributed by atoms with Gasteiger partial charge >= 0.3 is 0 Å². The van der Waals surface area contributed by atoms with Crippen LogP contribution in [0.4, 0.5) is 17.3 Å². The minimum absolute atomic E-state index is 0.730. The van der Waals surface area contributed by atoms with Gasteiger partial charge in [-0.25, -0.2) is 9.97 Å². The third kappa shape index (κ3) is 4.64.